The van der Waals surface area contributed by atoms with Crippen molar-refractivity contribution in [3.63, 3.8) is 0 Å². The second kappa shape index (κ2) is 8.40. The number of halogens is 1. The van der Waals surface area contributed by atoms with Crippen LogP contribution in [0.15, 0.2) is 81.3 Å². The predicted octanol–water partition coefficient (Wildman–Crippen LogP) is 3.72. The van der Waals surface area contributed by atoms with Crippen LogP contribution >= 0.6 is 0 Å². The van der Waals surface area contributed by atoms with E-state index in [0.717, 1.165) is 16.5 Å². The molecule has 0 fully saturated rings. The number of sulfonamides is 2. The number of hydrazone groups is 1. The molecule has 0 spiro atoms. The van der Waals surface area contributed by atoms with E-state index >= 15 is 0 Å². The summed E-state index contributed by atoms with van der Waals surface area (Å²) in [5, 5.41) is 4.35. The lowest BCUT2D eigenvalue weighted by molar-refractivity contribution is 0.320. The molecule has 2 aromatic carbocycles. The Labute approximate surface area is 185 Å². The van der Waals surface area contributed by atoms with E-state index in [1.165, 1.54) is 25.3 Å². The largest absolute Gasteiger partial charge is 0.467 e. The minimum atomic E-state index is -4.11. The van der Waals surface area contributed by atoms with Crippen molar-refractivity contribution in [3.8, 4) is 0 Å². The Morgan fingerprint density at radius 2 is 1.84 bits per heavy atom. The highest BCUT2D eigenvalue weighted by molar-refractivity contribution is 7.92. The number of rotatable bonds is 7. The van der Waals surface area contributed by atoms with Crippen molar-refractivity contribution in [2.24, 2.45) is 5.10 Å². The van der Waals surface area contributed by atoms with Gasteiger partial charge >= 0.3 is 0 Å². The van der Waals surface area contributed by atoms with Gasteiger partial charge in [0.25, 0.3) is 10.0 Å². The first-order valence-electron chi connectivity index (χ1n) is 9.71. The Morgan fingerprint density at radius 3 is 2.50 bits per heavy atom. The summed E-state index contributed by atoms with van der Waals surface area (Å²) in [7, 11) is -7.58. The molecule has 168 valence electrons. The van der Waals surface area contributed by atoms with Gasteiger partial charge in [-0.1, -0.05) is 12.1 Å². The maximum Gasteiger partial charge on any atom is 0.279 e. The molecule has 1 N–H and O–H groups in total. The number of nitrogens with one attached hydrogen (secondary N) is 1. The van der Waals surface area contributed by atoms with Crippen molar-refractivity contribution >= 4 is 31.4 Å². The standard InChI is InChI=1S/C21H20FN3O5S2/c1-2-31(26,27)24-17-6-3-5-15(13-17)19-14-20(21-7-4-12-30-21)25(23-19)32(28,29)18-10-8-16(22)9-11-18/h3-13,20,24H,2,14H2,1H3. The number of hydrogen-bond acceptors (Lipinski definition) is 6. The van der Waals surface area contributed by atoms with Gasteiger partial charge in [0.2, 0.25) is 10.0 Å². The highest BCUT2D eigenvalue weighted by Gasteiger charge is 2.39. The van der Waals surface area contributed by atoms with Gasteiger partial charge in [0.1, 0.15) is 17.6 Å². The SMILES string of the molecule is CCS(=O)(=O)Nc1cccc(C2=NN(S(=O)(=O)c3ccc(F)cc3)C(c3ccco3)C2)c1. The zero-order valence-corrected chi connectivity index (χ0v) is 18.6. The van der Waals surface area contributed by atoms with E-state index in [-0.39, 0.29) is 17.1 Å². The summed E-state index contributed by atoms with van der Waals surface area (Å²) in [5.74, 6) is -0.233. The van der Waals surface area contributed by atoms with Crippen LogP contribution in [0.1, 0.15) is 30.7 Å². The number of benzene rings is 2. The second-order valence-corrected chi connectivity index (χ2v) is 10.9. The molecule has 0 radical (unpaired) electrons. The fourth-order valence-electron chi connectivity index (χ4n) is 3.31. The molecule has 1 unspecified atom stereocenters. The van der Waals surface area contributed by atoms with E-state index < -0.39 is 31.9 Å². The lowest BCUT2D eigenvalue weighted by Gasteiger charge is -2.21. The molecule has 1 aromatic heterocycles. The van der Waals surface area contributed by atoms with E-state index in [9.17, 15) is 21.2 Å². The molecule has 1 aliphatic rings. The molecular formula is C21H20FN3O5S2. The van der Waals surface area contributed by atoms with Crippen LogP contribution in [0.5, 0.6) is 0 Å². The van der Waals surface area contributed by atoms with Crippen molar-refractivity contribution in [1.82, 2.24) is 4.41 Å². The van der Waals surface area contributed by atoms with Crippen LogP contribution in [0.4, 0.5) is 10.1 Å². The van der Waals surface area contributed by atoms with Crippen LogP contribution in [0.2, 0.25) is 0 Å². The molecule has 8 nitrogen and oxygen atoms in total. The van der Waals surface area contributed by atoms with E-state index in [0.29, 0.717) is 22.7 Å². The summed E-state index contributed by atoms with van der Waals surface area (Å²) in [6.45, 7) is 1.53. The van der Waals surface area contributed by atoms with Gasteiger partial charge in [-0.2, -0.15) is 17.9 Å². The zero-order valence-electron chi connectivity index (χ0n) is 17.0. The molecule has 3 aromatic rings. The Bertz CT molecular complexity index is 1350. The Balaban J connectivity index is 1.74. The van der Waals surface area contributed by atoms with Crippen molar-refractivity contribution in [2.75, 3.05) is 10.5 Å². The fourth-order valence-corrected chi connectivity index (χ4v) is 5.35. The van der Waals surface area contributed by atoms with Gasteiger partial charge in [-0.25, -0.2) is 12.8 Å². The molecule has 4 rings (SSSR count). The predicted molar refractivity (Wildman–Crippen MR) is 118 cm³/mol. The first-order chi connectivity index (χ1) is 15.2. The minimum absolute atomic E-state index is 0.0809. The molecule has 32 heavy (non-hydrogen) atoms. The van der Waals surface area contributed by atoms with Crippen molar-refractivity contribution in [2.45, 2.75) is 24.3 Å². The highest BCUT2D eigenvalue weighted by atomic mass is 32.2. The summed E-state index contributed by atoms with van der Waals surface area (Å²) in [5.41, 5.74) is 1.35. The topological polar surface area (TPSA) is 109 Å². The minimum Gasteiger partial charge on any atom is -0.467 e. The van der Waals surface area contributed by atoms with Crippen LogP contribution in [0.3, 0.4) is 0 Å². The molecule has 1 aliphatic heterocycles. The monoisotopic (exact) mass is 477 g/mol. The maximum absolute atomic E-state index is 13.3. The van der Waals surface area contributed by atoms with Gasteiger partial charge in [0.05, 0.1) is 22.6 Å². The first-order valence-corrected chi connectivity index (χ1v) is 12.8. The average molecular weight is 478 g/mol. The number of anilines is 1. The third kappa shape index (κ3) is 4.39. The molecule has 0 amide bonds. The maximum atomic E-state index is 13.3. The van der Waals surface area contributed by atoms with E-state index in [2.05, 4.69) is 9.82 Å². The molecule has 1 atom stereocenters. The summed E-state index contributed by atoms with van der Waals surface area (Å²) in [4.78, 5) is -0.107. The summed E-state index contributed by atoms with van der Waals surface area (Å²) in [6, 6.07) is 13.6. The van der Waals surface area contributed by atoms with Crippen LogP contribution in [0, 0.1) is 5.82 Å². The van der Waals surface area contributed by atoms with Crippen LogP contribution < -0.4 is 4.72 Å². The number of hydrogen-bond donors (Lipinski definition) is 1. The molecule has 0 saturated carbocycles. The van der Waals surface area contributed by atoms with Crippen LogP contribution in [-0.2, 0) is 20.0 Å². The van der Waals surface area contributed by atoms with Gasteiger partial charge in [-0.3, -0.25) is 4.72 Å². The van der Waals surface area contributed by atoms with Gasteiger partial charge in [-0.15, -0.1) is 0 Å². The van der Waals surface area contributed by atoms with Crippen LogP contribution in [-0.4, -0.2) is 32.7 Å². The van der Waals surface area contributed by atoms with Gasteiger partial charge in [0.15, 0.2) is 0 Å². The third-order valence-electron chi connectivity index (χ3n) is 4.95. The van der Waals surface area contributed by atoms with E-state index in [1.54, 1.807) is 36.4 Å². The second-order valence-electron chi connectivity index (χ2n) is 7.10. The van der Waals surface area contributed by atoms with Gasteiger partial charge < -0.3 is 4.42 Å². The summed E-state index contributed by atoms with van der Waals surface area (Å²) < 4.78 is 72.6. The molecule has 0 bridgehead atoms. The van der Waals surface area contributed by atoms with Crippen molar-refractivity contribution in [1.29, 1.82) is 0 Å². The number of nitrogens with zero attached hydrogens (tertiary/aromatic N) is 2. The quantitative estimate of drug-likeness (QED) is 0.558. The van der Waals surface area contributed by atoms with Crippen molar-refractivity contribution < 1.29 is 25.6 Å². The van der Waals surface area contributed by atoms with E-state index in [4.69, 9.17) is 4.42 Å². The van der Waals surface area contributed by atoms with Crippen molar-refractivity contribution in [3.05, 3.63) is 84.1 Å². The van der Waals surface area contributed by atoms with Gasteiger partial charge in [-0.05, 0) is 61.0 Å². The normalized spacial score (nSPS) is 16.8. The Kier molecular flexibility index (Phi) is 5.78. The molecule has 2 heterocycles. The fraction of sp³-hybridized carbons (Fsp3) is 0.190. The average Bonchev–Trinajstić information content (AvgIpc) is 3.44. The summed E-state index contributed by atoms with van der Waals surface area (Å²) in [6.07, 6.45) is 1.65. The number of furan rings is 1. The lowest BCUT2D eigenvalue weighted by atomic mass is 10.0. The van der Waals surface area contributed by atoms with Gasteiger partial charge in [0, 0.05) is 12.1 Å². The Morgan fingerprint density at radius 1 is 1.09 bits per heavy atom. The molecule has 0 aliphatic carbocycles. The molecule has 11 heteroatoms. The molecular weight excluding hydrogens is 457 g/mol. The first kappa shape index (κ1) is 22.0. The zero-order chi connectivity index (χ0) is 22.9. The molecule has 0 saturated heterocycles. The smallest absolute Gasteiger partial charge is 0.279 e. The van der Waals surface area contributed by atoms with E-state index in [1.807, 2.05) is 0 Å². The lowest BCUT2D eigenvalue weighted by Crippen LogP contribution is -2.27. The third-order valence-corrected chi connectivity index (χ3v) is 7.95. The summed E-state index contributed by atoms with van der Waals surface area (Å²) >= 11 is 0. The Hall–Kier alpha value is -3.18. The highest BCUT2D eigenvalue weighted by Crippen LogP contribution is 2.37. The van der Waals surface area contributed by atoms with Crippen LogP contribution in [0.25, 0.3) is 0 Å².